The maximum Gasteiger partial charge on any atom is 0.225 e. The number of anilines is 1. The van der Waals surface area contributed by atoms with Crippen molar-refractivity contribution in [1.82, 2.24) is 9.97 Å². The van der Waals surface area contributed by atoms with Crippen LogP contribution in [0.2, 0.25) is 0 Å². The van der Waals surface area contributed by atoms with Gasteiger partial charge in [0.25, 0.3) is 0 Å². The fourth-order valence-corrected chi connectivity index (χ4v) is 5.03. The third-order valence-electron chi connectivity index (χ3n) is 6.39. The van der Waals surface area contributed by atoms with E-state index in [0.717, 1.165) is 75.3 Å². The number of aryl methyl sites for hydroxylation is 1. The SMILES string of the molecule is CCc1cnc(N2CCC(OC3CCC(Oc4ccc(S(C)(=O)=O)cc4)CC3)CC2)nc1. The first-order valence-electron chi connectivity index (χ1n) is 11.6. The maximum absolute atomic E-state index is 11.6. The minimum absolute atomic E-state index is 0.157. The number of ether oxygens (including phenoxy) is 2. The van der Waals surface area contributed by atoms with Crippen molar-refractivity contribution in [2.75, 3.05) is 24.2 Å². The van der Waals surface area contributed by atoms with Crippen molar-refractivity contribution in [3.8, 4) is 5.75 Å². The highest BCUT2D eigenvalue weighted by Crippen LogP contribution is 2.29. The molecule has 4 rings (SSSR count). The molecule has 1 aliphatic carbocycles. The molecule has 0 atom stereocenters. The van der Waals surface area contributed by atoms with Crippen LogP contribution in [0.15, 0.2) is 41.6 Å². The van der Waals surface area contributed by atoms with E-state index in [1.165, 1.54) is 6.26 Å². The Labute approximate surface area is 191 Å². The van der Waals surface area contributed by atoms with Gasteiger partial charge in [0.05, 0.1) is 23.2 Å². The molecule has 32 heavy (non-hydrogen) atoms. The van der Waals surface area contributed by atoms with Gasteiger partial charge in [0.15, 0.2) is 9.84 Å². The summed E-state index contributed by atoms with van der Waals surface area (Å²) < 4.78 is 35.7. The molecule has 2 heterocycles. The molecule has 0 radical (unpaired) electrons. The van der Waals surface area contributed by atoms with E-state index in [1.807, 2.05) is 12.4 Å². The Kier molecular flexibility index (Phi) is 7.30. The van der Waals surface area contributed by atoms with Crippen LogP contribution in [0.3, 0.4) is 0 Å². The predicted molar refractivity (Wildman–Crippen MR) is 124 cm³/mol. The van der Waals surface area contributed by atoms with Crippen LogP contribution in [-0.2, 0) is 21.0 Å². The van der Waals surface area contributed by atoms with Gasteiger partial charge in [-0.3, -0.25) is 0 Å². The second kappa shape index (κ2) is 10.2. The largest absolute Gasteiger partial charge is 0.490 e. The summed E-state index contributed by atoms with van der Waals surface area (Å²) >= 11 is 0. The van der Waals surface area contributed by atoms with Crippen molar-refractivity contribution >= 4 is 15.8 Å². The van der Waals surface area contributed by atoms with Gasteiger partial charge in [0.2, 0.25) is 5.95 Å². The van der Waals surface area contributed by atoms with Gasteiger partial charge in [-0.1, -0.05) is 6.92 Å². The van der Waals surface area contributed by atoms with Gasteiger partial charge in [-0.2, -0.15) is 0 Å². The first kappa shape index (κ1) is 23.0. The average molecular weight is 460 g/mol. The summed E-state index contributed by atoms with van der Waals surface area (Å²) in [6.45, 7) is 3.97. The van der Waals surface area contributed by atoms with Crippen LogP contribution in [0.1, 0.15) is 51.0 Å². The molecule has 0 amide bonds. The van der Waals surface area contributed by atoms with Gasteiger partial charge in [-0.15, -0.1) is 0 Å². The van der Waals surface area contributed by atoms with Crippen LogP contribution in [-0.4, -0.2) is 56.0 Å². The molecule has 1 aliphatic heterocycles. The summed E-state index contributed by atoms with van der Waals surface area (Å²) in [4.78, 5) is 11.6. The zero-order valence-corrected chi connectivity index (χ0v) is 19.8. The van der Waals surface area contributed by atoms with Crippen LogP contribution in [0.25, 0.3) is 0 Å². The predicted octanol–water partition coefficient (Wildman–Crippen LogP) is 3.82. The maximum atomic E-state index is 11.6. The van der Waals surface area contributed by atoms with E-state index in [9.17, 15) is 8.42 Å². The number of piperidine rings is 1. The topological polar surface area (TPSA) is 81.6 Å². The molecule has 2 aliphatic rings. The first-order chi connectivity index (χ1) is 15.4. The van der Waals surface area contributed by atoms with E-state index in [-0.39, 0.29) is 6.10 Å². The quantitative estimate of drug-likeness (QED) is 0.623. The summed E-state index contributed by atoms with van der Waals surface area (Å²) in [5.74, 6) is 1.55. The molecule has 1 saturated carbocycles. The molecule has 1 aromatic carbocycles. The number of aromatic nitrogens is 2. The zero-order chi connectivity index (χ0) is 22.6. The smallest absolute Gasteiger partial charge is 0.225 e. The third kappa shape index (κ3) is 5.98. The molecule has 174 valence electrons. The highest BCUT2D eigenvalue weighted by atomic mass is 32.2. The van der Waals surface area contributed by atoms with E-state index in [4.69, 9.17) is 9.47 Å². The second-order valence-electron chi connectivity index (χ2n) is 8.83. The lowest BCUT2D eigenvalue weighted by Gasteiger charge is -2.36. The van der Waals surface area contributed by atoms with Crippen LogP contribution in [0.4, 0.5) is 5.95 Å². The van der Waals surface area contributed by atoms with Crippen molar-refractivity contribution in [2.45, 2.75) is 75.1 Å². The minimum atomic E-state index is -3.18. The highest BCUT2D eigenvalue weighted by Gasteiger charge is 2.28. The fourth-order valence-electron chi connectivity index (χ4n) is 4.40. The summed E-state index contributed by atoms with van der Waals surface area (Å²) in [6.07, 6.45) is 12.7. The van der Waals surface area contributed by atoms with Crippen LogP contribution < -0.4 is 9.64 Å². The lowest BCUT2D eigenvalue weighted by atomic mass is 9.94. The lowest BCUT2D eigenvalue weighted by molar-refractivity contribution is -0.0528. The van der Waals surface area contributed by atoms with E-state index >= 15 is 0 Å². The summed E-state index contributed by atoms with van der Waals surface area (Å²) in [5, 5.41) is 0. The molecule has 0 N–H and O–H groups in total. The summed E-state index contributed by atoms with van der Waals surface area (Å²) in [5.41, 5.74) is 1.16. The molecule has 8 heteroatoms. The number of nitrogens with zero attached hydrogens (tertiary/aromatic N) is 3. The zero-order valence-electron chi connectivity index (χ0n) is 18.9. The van der Waals surface area contributed by atoms with E-state index in [2.05, 4.69) is 21.8 Å². The number of benzene rings is 1. The Hall–Kier alpha value is -2.19. The Bertz CT molecular complexity index is 963. The monoisotopic (exact) mass is 459 g/mol. The molecule has 0 spiro atoms. The molecule has 7 nitrogen and oxygen atoms in total. The van der Waals surface area contributed by atoms with Crippen LogP contribution in [0.5, 0.6) is 5.75 Å². The molecule has 1 saturated heterocycles. The first-order valence-corrected chi connectivity index (χ1v) is 13.5. The van der Waals surface area contributed by atoms with Gasteiger partial charge >= 0.3 is 0 Å². The molecular weight excluding hydrogens is 426 g/mol. The summed E-state index contributed by atoms with van der Waals surface area (Å²) in [7, 11) is -3.18. The standard InChI is InChI=1S/C24H33N3O4S/c1-3-18-16-25-24(26-17-18)27-14-12-22(13-15-27)31-20-6-4-19(5-7-20)30-21-8-10-23(11-9-21)32(2,28)29/h8-11,16-17,19-20,22H,3-7,12-15H2,1-2H3. The van der Waals surface area contributed by atoms with Crippen LogP contribution >= 0.6 is 0 Å². The van der Waals surface area contributed by atoms with Crippen molar-refractivity contribution in [3.05, 3.63) is 42.2 Å². The Balaban J connectivity index is 1.18. The molecule has 0 unspecified atom stereocenters. The third-order valence-corrected chi connectivity index (χ3v) is 7.51. The number of rotatable bonds is 7. The van der Waals surface area contributed by atoms with Gasteiger partial charge in [-0.25, -0.2) is 18.4 Å². The average Bonchev–Trinajstić information content (AvgIpc) is 2.81. The van der Waals surface area contributed by atoms with Gasteiger partial charge in [0, 0.05) is 31.7 Å². The normalized spacial score (nSPS) is 22.6. The fraction of sp³-hybridized carbons (Fsp3) is 0.583. The van der Waals surface area contributed by atoms with Crippen molar-refractivity contribution in [2.24, 2.45) is 0 Å². The molecule has 2 fully saturated rings. The van der Waals surface area contributed by atoms with Gasteiger partial charge < -0.3 is 14.4 Å². The highest BCUT2D eigenvalue weighted by molar-refractivity contribution is 7.90. The number of hydrogen-bond donors (Lipinski definition) is 0. The number of hydrogen-bond acceptors (Lipinski definition) is 7. The van der Waals surface area contributed by atoms with Gasteiger partial charge in [-0.05, 0) is 74.8 Å². The molecule has 2 aromatic rings. The second-order valence-corrected chi connectivity index (χ2v) is 10.8. The van der Waals surface area contributed by atoms with Crippen molar-refractivity contribution < 1.29 is 17.9 Å². The Morgan fingerprint density at radius 3 is 2.03 bits per heavy atom. The van der Waals surface area contributed by atoms with E-state index in [1.54, 1.807) is 24.3 Å². The lowest BCUT2D eigenvalue weighted by Crippen LogP contribution is -2.40. The van der Waals surface area contributed by atoms with Gasteiger partial charge in [0.1, 0.15) is 5.75 Å². The van der Waals surface area contributed by atoms with E-state index < -0.39 is 9.84 Å². The molecular formula is C24H33N3O4S. The van der Waals surface area contributed by atoms with Crippen LogP contribution in [0, 0.1) is 0 Å². The minimum Gasteiger partial charge on any atom is -0.490 e. The Morgan fingerprint density at radius 1 is 0.906 bits per heavy atom. The van der Waals surface area contributed by atoms with Crippen molar-refractivity contribution in [3.63, 3.8) is 0 Å². The van der Waals surface area contributed by atoms with Crippen molar-refractivity contribution in [1.29, 1.82) is 0 Å². The summed E-state index contributed by atoms with van der Waals surface area (Å²) in [6, 6.07) is 6.70. The Morgan fingerprint density at radius 2 is 1.47 bits per heavy atom. The number of sulfone groups is 1. The molecule has 0 bridgehead atoms. The van der Waals surface area contributed by atoms with E-state index in [0.29, 0.717) is 17.1 Å². The molecule has 1 aromatic heterocycles.